The molecule has 6 rings (SSSR count). The minimum atomic E-state index is -0.365. The summed E-state index contributed by atoms with van der Waals surface area (Å²) in [7, 11) is 0. The summed E-state index contributed by atoms with van der Waals surface area (Å²) in [6, 6.07) is 10.5. The molecular weight excluding hydrogens is 339 g/mol. The number of fused-ring (bicyclic) bond motifs is 2. The van der Waals surface area contributed by atoms with Gasteiger partial charge in [-0.25, -0.2) is 9.18 Å². The van der Waals surface area contributed by atoms with Crippen molar-refractivity contribution in [1.29, 1.82) is 0 Å². The van der Waals surface area contributed by atoms with E-state index in [2.05, 4.69) is 4.90 Å². The Labute approximate surface area is 149 Å². The van der Waals surface area contributed by atoms with Crippen LogP contribution in [0, 0.1) is 11.7 Å². The zero-order chi connectivity index (χ0) is 17.0. The van der Waals surface area contributed by atoms with Crippen molar-refractivity contribution >= 4 is 22.4 Å². The Hall–Kier alpha value is -1.92. The van der Waals surface area contributed by atoms with Crippen LogP contribution >= 0.6 is 11.3 Å². The van der Waals surface area contributed by atoms with Crippen molar-refractivity contribution in [2.24, 2.45) is 5.92 Å². The van der Waals surface area contributed by atoms with E-state index in [1.165, 1.54) is 17.4 Å². The van der Waals surface area contributed by atoms with Gasteiger partial charge in [-0.15, -0.1) is 11.3 Å². The van der Waals surface area contributed by atoms with Crippen LogP contribution in [0.25, 0.3) is 10.4 Å². The van der Waals surface area contributed by atoms with Crippen molar-refractivity contribution in [2.45, 2.75) is 18.4 Å². The lowest BCUT2D eigenvalue weighted by molar-refractivity contribution is -0.0881. The first-order valence-corrected chi connectivity index (χ1v) is 9.54. The Balaban J connectivity index is 1.43. The third-order valence-electron chi connectivity index (χ3n) is 5.76. The SMILES string of the molecule is O=C1O[C@@]2(CN3CCC2CC3)CN1c1ccc(-c2ccccc2F)s1. The summed E-state index contributed by atoms with van der Waals surface area (Å²) in [6.07, 6.45) is 1.94. The molecule has 4 aliphatic heterocycles. The monoisotopic (exact) mass is 358 g/mol. The van der Waals surface area contributed by atoms with E-state index < -0.39 is 0 Å². The molecule has 5 heterocycles. The quantitative estimate of drug-likeness (QED) is 0.814. The molecule has 1 atom stereocenters. The van der Waals surface area contributed by atoms with Crippen LogP contribution in [0.1, 0.15) is 12.8 Å². The van der Waals surface area contributed by atoms with Gasteiger partial charge in [0, 0.05) is 22.9 Å². The van der Waals surface area contributed by atoms with Crippen LogP contribution < -0.4 is 4.90 Å². The van der Waals surface area contributed by atoms with Gasteiger partial charge in [0.25, 0.3) is 0 Å². The molecule has 0 radical (unpaired) electrons. The molecule has 1 amide bonds. The fourth-order valence-corrected chi connectivity index (χ4v) is 5.48. The average Bonchev–Trinajstić information content (AvgIpc) is 3.21. The van der Waals surface area contributed by atoms with Crippen molar-refractivity contribution in [2.75, 3.05) is 31.1 Å². The number of ether oxygens (including phenoxy) is 1. The number of amides is 1. The van der Waals surface area contributed by atoms with E-state index in [-0.39, 0.29) is 17.5 Å². The number of piperidine rings is 3. The van der Waals surface area contributed by atoms with E-state index in [1.807, 2.05) is 18.2 Å². The molecule has 130 valence electrons. The molecule has 4 aliphatic rings. The lowest BCUT2D eigenvalue weighted by atomic mass is 9.75. The van der Waals surface area contributed by atoms with Crippen LogP contribution in [0.15, 0.2) is 36.4 Å². The number of benzene rings is 1. The van der Waals surface area contributed by atoms with Crippen LogP contribution in [-0.4, -0.2) is 42.8 Å². The fraction of sp³-hybridized carbons (Fsp3) is 0.421. The van der Waals surface area contributed by atoms with Crippen LogP contribution in [0.5, 0.6) is 0 Å². The van der Waals surface area contributed by atoms with E-state index in [1.54, 1.807) is 17.0 Å². The number of carbonyl (C=O) groups is 1. The molecule has 0 N–H and O–H groups in total. The van der Waals surface area contributed by atoms with Gasteiger partial charge in [-0.05, 0) is 44.1 Å². The van der Waals surface area contributed by atoms with E-state index in [9.17, 15) is 9.18 Å². The summed E-state index contributed by atoms with van der Waals surface area (Å²) in [4.78, 5) is 17.5. The zero-order valence-corrected chi connectivity index (χ0v) is 14.6. The normalized spacial score (nSPS) is 30.9. The predicted molar refractivity (Wildman–Crippen MR) is 95.4 cm³/mol. The molecule has 4 nitrogen and oxygen atoms in total. The molecule has 4 saturated heterocycles. The second-order valence-corrected chi connectivity index (χ2v) is 8.25. The predicted octanol–water partition coefficient (Wildman–Crippen LogP) is 3.98. The number of carbonyl (C=O) groups excluding carboxylic acids is 1. The molecule has 1 spiro atoms. The number of hydrogen-bond acceptors (Lipinski definition) is 4. The summed E-state index contributed by atoms with van der Waals surface area (Å²) >= 11 is 1.44. The van der Waals surface area contributed by atoms with Crippen molar-refractivity contribution in [3.05, 3.63) is 42.2 Å². The third-order valence-corrected chi connectivity index (χ3v) is 6.90. The van der Waals surface area contributed by atoms with Crippen LogP contribution in [0.4, 0.5) is 14.2 Å². The van der Waals surface area contributed by atoms with Gasteiger partial charge in [-0.1, -0.05) is 18.2 Å². The Kier molecular flexibility index (Phi) is 3.40. The zero-order valence-electron chi connectivity index (χ0n) is 13.8. The maximum atomic E-state index is 14.0. The highest BCUT2D eigenvalue weighted by Crippen LogP contribution is 2.45. The molecule has 1 aromatic heterocycles. The van der Waals surface area contributed by atoms with Crippen LogP contribution in [0.2, 0.25) is 0 Å². The topological polar surface area (TPSA) is 32.8 Å². The average molecular weight is 358 g/mol. The summed E-state index contributed by atoms with van der Waals surface area (Å²) in [6.45, 7) is 3.66. The van der Waals surface area contributed by atoms with E-state index in [0.717, 1.165) is 42.4 Å². The minimum Gasteiger partial charge on any atom is -0.439 e. The van der Waals surface area contributed by atoms with Gasteiger partial charge in [-0.2, -0.15) is 0 Å². The minimum absolute atomic E-state index is 0.242. The molecule has 4 fully saturated rings. The number of hydrogen-bond donors (Lipinski definition) is 0. The summed E-state index contributed by atoms with van der Waals surface area (Å²) in [5.41, 5.74) is 0.208. The largest absolute Gasteiger partial charge is 0.439 e. The third kappa shape index (κ3) is 2.39. The molecule has 6 heteroatoms. The Bertz CT molecular complexity index is 830. The maximum Gasteiger partial charge on any atom is 0.415 e. The standard InChI is InChI=1S/C19H19FN2O2S/c20-15-4-2-1-3-14(15)16-5-6-17(25-16)22-12-19(24-18(22)23)11-21-9-7-13(19)8-10-21/h1-6,13H,7-12H2/t19-/m0/s1. The molecule has 2 aromatic rings. The highest BCUT2D eigenvalue weighted by molar-refractivity contribution is 7.19. The van der Waals surface area contributed by atoms with E-state index >= 15 is 0 Å². The number of anilines is 1. The molecular formula is C19H19FN2O2S. The van der Waals surface area contributed by atoms with Gasteiger partial charge >= 0.3 is 6.09 Å². The number of thiophene rings is 1. The first-order valence-electron chi connectivity index (χ1n) is 8.72. The molecule has 25 heavy (non-hydrogen) atoms. The van der Waals surface area contributed by atoms with Crippen molar-refractivity contribution < 1.29 is 13.9 Å². The van der Waals surface area contributed by atoms with E-state index in [4.69, 9.17) is 4.74 Å². The van der Waals surface area contributed by atoms with E-state index in [0.29, 0.717) is 18.0 Å². The van der Waals surface area contributed by atoms with Gasteiger partial charge in [0.1, 0.15) is 16.4 Å². The lowest BCUT2D eigenvalue weighted by Gasteiger charge is -2.49. The smallest absolute Gasteiger partial charge is 0.415 e. The van der Waals surface area contributed by atoms with Gasteiger partial charge < -0.3 is 4.74 Å². The summed E-state index contributed by atoms with van der Waals surface area (Å²) in [5.74, 6) is 0.214. The first-order chi connectivity index (χ1) is 12.1. The number of halogens is 1. The second kappa shape index (κ2) is 5.54. The van der Waals surface area contributed by atoms with Gasteiger partial charge in [-0.3, -0.25) is 9.80 Å². The highest BCUT2D eigenvalue weighted by atomic mass is 32.1. The number of rotatable bonds is 2. The van der Waals surface area contributed by atoms with Gasteiger partial charge in [0.2, 0.25) is 0 Å². The second-order valence-electron chi connectivity index (χ2n) is 7.19. The molecule has 1 aromatic carbocycles. The Morgan fingerprint density at radius 3 is 2.64 bits per heavy atom. The fourth-order valence-electron chi connectivity index (χ4n) is 4.46. The Morgan fingerprint density at radius 2 is 1.92 bits per heavy atom. The maximum absolute atomic E-state index is 14.0. The van der Waals surface area contributed by atoms with Crippen LogP contribution in [0.3, 0.4) is 0 Å². The summed E-state index contributed by atoms with van der Waals surface area (Å²) < 4.78 is 19.9. The highest BCUT2D eigenvalue weighted by Gasteiger charge is 2.55. The molecule has 0 saturated carbocycles. The molecule has 2 bridgehead atoms. The van der Waals surface area contributed by atoms with Gasteiger partial charge in [0.05, 0.1) is 6.54 Å². The van der Waals surface area contributed by atoms with Crippen molar-refractivity contribution in [1.82, 2.24) is 4.90 Å². The lowest BCUT2D eigenvalue weighted by Crippen LogP contribution is -2.61. The Morgan fingerprint density at radius 1 is 1.12 bits per heavy atom. The van der Waals surface area contributed by atoms with Crippen LogP contribution in [-0.2, 0) is 4.74 Å². The summed E-state index contributed by atoms with van der Waals surface area (Å²) in [5, 5.41) is 0.830. The van der Waals surface area contributed by atoms with Gasteiger partial charge in [0.15, 0.2) is 0 Å². The van der Waals surface area contributed by atoms with Crippen molar-refractivity contribution in [3.63, 3.8) is 0 Å². The molecule has 0 unspecified atom stereocenters. The number of nitrogens with zero attached hydrogens (tertiary/aromatic N) is 2. The first kappa shape index (κ1) is 15.3. The molecule has 0 aliphatic carbocycles. The van der Waals surface area contributed by atoms with Crippen molar-refractivity contribution in [3.8, 4) is 10.4 Å².